The van der Waals surface area contributed by atoms with Crippen LogP contribution in [0.5, 0.6) is 0 Å². The summed E-state index contributed by atoms with van der Waals surface area (Å²) in [5, 5.41) is 7.64. The Balaban J connectivity index is 1.87. The van der Waals surface area contributed by atoms with Gasteiger partial charge in [-0.25, -0.2) is 4.52 Å². The van der Waals surface area contributed by atoms with Gasteiger partial charge in [0, 0.05) is 10.4 Å². The zero-order valence-corrected chi connectivity index (χ0v) is 13.5. The van der Waals surface area contributed by atoms with Gasteiger partial charge in [-0.05, 0) is 32.0 Å². The summed E-state index contributed by atoms with van der Waals surface area (Å²) in [5.74, 6) is -0.0679. The van der Waals surface area contributed by atoms with E-state index in [-0.39, 0.29) is 11.9 Å². The minimum atomic E-state index is -0.332. The fraction of sp³-hybridized carbons (Fsp3) is 0.154. The Kier molecular flexibility index (Phi) is 3.61. The summed E-state index contributed by atoms with van der Waals surface area (Å²) in [4.78, 5) is 18.3. The van der Waals surface area contributed by atoms with Crippen molar-refractivity contribution < 1.29 is 4.79 Å². The first-order chi connectivity index (χ1) is 9.95. The molecule has 0 bridgehead atoms. The van der Waals surface area contributed by atoms with E-state index in [1.165, 1.54) is 17.4 Å². The van der Waals surface area contributed by atoms with Gasteiger partial charge in [0.05, 0.1) is 15.7 Å². The lowest BCUT2D eigenvalue weighted by molar-refractivity contribution is 0.102. The Labute approximate surface area is 134 Å². The topological polar surface area (TPSA) is 59.3 Å². The van der Waals surface area contributed by atoms with Crippen molar-refractivity contribution in [1.29, 1.82) is 0 Å². The number of nitrogens with one attached hydrogen (secondary N) is 1. The van der Waals surface area contributed by atoms with E-state index in [2.05, 4.69) is 15.4 Å². The fourth-order valence-electron chi connectivity index (χ4n) is 1.81. The molecule has 0 atom stereocenters. The Hall–Kier alpha value is -1.63. The summed E-state index contributed by atoms with van der Waals surface area (Å²) in [6, 6.07) is 4.68. The number of hydrogen-bond donors (Lipinski definition) is 1. The first-order valence-electron chi connectivity index (χ1n) is 6.05. The molecule has 0 unspecified atom stereocenters. The maximum Gasteiger partial charge on any atom is 0.258 e. The van der Waals surface area contributed by atoms with E-state index in [0.29, 0.717) is 15.6 Å². The lowest BCUT2D eigenvalue weighted by atomic mass is 10.2. The maximum atomic E-state index is 12.1. The van der Waals surface area contributed by atoms with E-state index in [1.807, 2.05) is 13.8 Å². The van der Waals surface area contributed by atoms with Gasteiger partial charge in [-0.1, -0.05) is 34.5 Å². The van der Waals surface area contributed by atoms with Crippen molar-refractivity contribution in [2.24, 2.45) is 0 Å². The van der Waals surface area contributed by atoms with Gasteiger partial charge in [0.2, 0.25) is 4.96 Å². The number of fused-ring (bicyclic) bond motifs is 1. The zero-order chi connectivity index (χ0) is 15.1. The number of anilines is 1. The van der Waals surface area contributed by atoms with Crippen molar-refractivity contribution in [2.45, 2.75) is 13.8 Å². The van der Waals surface area contributed by atoms with Gasteiger partial charge in [0.15, 0.2) is 0 Å². The summed E-state index contributed by atoms with van der Waals surface area (Å²) in [5.41, 5.74) is 1.41. The molecule has 1 N–H and O–H groups in total. The van der Waals surface area contributed by atoms with Gasteiger partial charge < -0.3 is 0 Å². The van der Waals surface area contributed by atoms with E-state index in [1.54, 1.807) is 16.6 Å². The normalized spacial score (nSPS) is 11.0. The average molecular weight is 341 g/mol. The number of nitrogens with zero attached hydrogens (tertiary/aromatic N) is 3. The van der Waals surface area contributed by atoms with Crippen molar-refractivity contribution >= 4 is 51.4 Å². The predicted octanol–water partition coefficient (Wildman–Crippen LogP) is 3.97. The summed E-state index contributed by atoms with van der Waals surface area (Å²) in [6.07, 6.45) is 0. The molecule has 108 valence electrons. The van der Waals surface area contributed by atoms with Crippen molar-refractivity contribution in [3.05, 3.63) is 44.4 Å². The molecule has 2 aromatic heterocycles. The summed E-state index contributed by atoms with van der Waals surface area (Å²) in [7, 11) is 0. The standard InChI is InChI=1S/C13H10Cl2N4OS/c1-6-7(2)21-13-17-12(18-19(6)13)16-11(20)8-3-4-9(14)10(15)5-8/h3-5H,1-2H3,(H,16,18,20). The number of hydrogen-bond acceptors (Lipinski definition) is 4. The summed E-state index contributed by atoms with van der Waals surface area (Å²) in [6.45, 7) is 3.96. The number of carbonyl (C=O) groups excluding carboxylic acids is 1. The first-order valence-corrected chi connectivity index (χ1v) is 7.62. The molecule has 0 radical (unpaired) electrons. The van der Waals surface area contributed by atoms with Gasteiger partial charge in [-0.2, -0.15) is 4.98 Å². The van der Waals surface area contributed by atoms with Crippen LogP contribution in [0.25, 0.3) is 4.96 Å². The Morgan fingerprint density at radius 2 is 2.05 bits per heavy atom. The van der Waals surface area contributed by atoms with Crippen LogP contribution in [0.4, 0.5) is 5.95 Å². The van der Waals surface area contributed by atoms with Crippen LogP contribution < -0.4 is 5.32 Å². The second kappa shape index (κ2) is 5.29. The molecule has 0 fully saturated rings. The smallest absolute Gasteiger partial charge is 0.258 e. The molecule has 5 nitrogen and oxygen atoms in total. The predicted molar refractivity (Wildman–Crippen MR) is 84.8 cm³/mol. The summed E-state index contributed by atoms with van der Waals surface area (Å²) < 4.78 is 1.71. The second-order valence-corrected chi connectivity index (χ2v) is 6.45. The average Bonchev–Trinajstić information content (AvgIpc) is 2.93. The number of benzene rings is 1. The molecule has 3 aromatic rings. The molecular weight excluding hydrogens is 331 g/mol. The maximum absolute atomic E-state index is 12.1. The van der Waals surface area contributed by atoms with Crippen molar-refractivity contribution in [1.82, 2.24) is 14.6 Å². The second-order valence-electron chi connectivity index (χ2n) is 4.46. The van der Waals surface area contributed by atoms with Gasteiger partial charge in [0.25, 0.3) is 11.9 Å². The molecule has 2 heterocycles. The molecule has 0 saturated carbocycles. The SMILES string of the molecule is Cc1sc2nc(NC(=O)c3ccc(Cl)c(Cl)c3)nn2c1C. The number of carbonyl (C=O) groups is 1. The van der Waals surface area contributed by atoms with Crippen molar-refractivity contribution in [2.75, 3.05) is 5.32 Å². The van der Waals surface area contributed by atoms with Crippen LogP contribution in [-0.2, 0) is 0 Å². The molecule has 3 rings (SSSR count). The lowest BCUT2D eigenvalue weighted by Gasteiger charge is -2.02. The monoisotopic (exact) mass is 340 g/mol. The van der Waals surface area contributed by atoms with Crippen LogP contribution in [0.1, 0.15) is 20.9 Å². The quantitative estimate of drug-likeness (QED) is 0.767. The van der Waals surface area contributed by atoms with Crippen molar-refractivity contribution in [3.63, 3.8) is 0 Å². The van der Waals surface area contributed by atoms with Crippen LogP contribution in [0, 0.1) is 13.8 Å². The Bertz CT molecular complexity index is 855. The number of aromatic nitrogens is 3. The Morgan fingerprint density at radius 1 is 1.29 bits per heavy atom. The lowest BCUT2D eigenvalue weighted by Crippen LogP contribution is -2.13. The minimum absolute atomic E-state index is 0.264. The number of amides is 1. The number of halogens is 2. The third-order valence-electron chi connectivity index (χ3n) is 3.06. The largest absolute Gasteiger partial charge is 0.289 e. The van der Waals surface area contributed by atoms with E-state index in [0.717, 1.165) is 15.5 Å². The zero-order valence-electron chi connectivity index (χ0n) is 11.1. The molecule has 0 aliphatic heterocycles. The van der Waals surface area contributed by atoms with E-state index < -0.39 is 0 Å². The van der Waals surface area contributed by atoms with Gasteiger partial charge >= 0.3 is 0 Å². The van der Waals surface area contributed by atoms with Crippen LogP contribution >= 0.6 is 34.5 Å². The molecule has 1 amide bonds. The number of rotatable bonds is 2. The van der Waals surface area contributed by atoms with E-state index in [9.17, 15) is 4.79 Å². The highest BCUT2D eigenvalue weighted by atomic mass is 35.5. The summed E-state index contributed by atoms with van der Waals surface area (Å²) >= 11 is 13.3. The molecule has 0 aliphatic carbocycles. The molecule has 0 saturated heterocycles. The first kappa shape index (κ1) is 14.3. The molecule has 0 spiro atoms. The molecule has 8 heteroatoms. The van der Waals surface area contributed by atoms with E-state index in [4.69, 9.17) is 23.2 Å². The third-order valence-corrected chi connectivity index (χ3v) is 4.84. The molecule has 0 aliphatic rings. The number of thiazole rings is 1. The van der Waals surface area contributed by atoms with Crippen LogP contribution in [0.15, 0.2) is 18.2 Å². The highest BCUT2D eigenvalue weighted by Gasteiger charge is 2.14. The molecular formula is C13H10Cl2N4OS. The highest BCUT2D eigenvalue weighted by molar-refractivity contribution is 7.17. The minimum Gasteiger partial charge on any atom is -0.289 e. The third kappa shape index (κ3) is 2.62. The Morgan fingerprint density at radius 3 is 2.71 bits per heavy atom. The molecule has 21 heavy (non-hydrogen) atoms. The van der Waals surface area contributed by atoms with Gasteiger partial charge in [0.1, 0.15) is 0 Å². The van der Waals surface area contributed by atoms with Crippen molar-refractivity contribution in [3.8, 4) is 0 Å². The van der Waals surface area contributed by atoms with Crippen LogP contribution in [0.3, 0.4) is 0 Å². The van der Waals surface area contributed by atoms with Gasteiger partial charge in [-0.3, -0.25) is 10.1 Å². The van der Waals surface area contributed by atoms with Gasteiger partial charge in [-0.15, -0.1) is 5.10 Å². The van der Waals surface area contributed by atoms with E-state index >= 15 is 0 Å². The van der Waals surface area contributed by atoms with Crippen LogP contribution in [-0.4, -0.2) is 20.5 Å². The molecule has 1 aromatic carbocycles. The number of aryl methyl sites for hydroxylation is 2. The fourth-order valence-corrected chi connectivity index (χ4v) is 3.01. The highest BCUT2D eigenvalue weighted by Crippen LogP contribution is 2.24. The van der Waals surface area contributed by atoms with Crippen LogP contribution in [0.2, 0.25) is 10.0 Å².